The molecule has 156 valence electrons. The second-order valence-electron chi connectivity index (χ2n) is 7.01. The molecule has 4 rings (SSSR count). The van der Waals surface area contributed by atoms with Crippen molar-refractivity contribution in [3.05, 3.63) is 65.7 Å². The maximum absolute atomic E-state index is 13.1. The molecule has 1 amide bonds. The van der Waals surface area contributed by atoms with Crippen LogP contribution in [0.15, 0.2) is 48.5 Å². The number of hydrogen-bond donors (Lipinski definition) is 0. The number of carbonyl (C=O) groups is 1. The lowest BCUT2D eigenvalue weighted by Crippen LogP contribution is -2.48. The molecule has 1 aliphatic heterocycles. The van der Waals surface area contributed by atoms with E-state index in [1.54, 1.807) is 9.58 Å². The van der Waals surface area contributed by atoms with Crippen molar-refractivity contribution in [1.82, 2.24) is 30.0 Å². The summed E-state index contributed by atoms with van der Waals surface area (Å²) in [5, 5.41) is 12.1. The maximum Gasteiger partial charge on any atom is 0.253 e. The standard InChI is InChI=1S/C21H23FN6O2/c1-2-30-19-9-7-18(8-10-19)28-20(23-24-25-28)15-26-11-13-27(14-12-26)21(29)16-3-5-17(22)6-4-16/h3-10H,2,11-15H2,1H3. The third-order valence-corrected chi connectivity index (χ3v) is 5.04. The molecule has 0 aliphatic carbocycles. The van der Waals surface area contributed by atoms with E-state index in [2.05, 4.69) is 20.4 Å². The minimum Gasteiger partial charge on any atom is -0.494 e. The van der Waals surface area contributed by atoms with Crippen molar-refractivity contribution in [3.8, 4) is 11.4 Å². The van der Waals surface area contributed by atoms with E-state index in [-0.39, 0.29) is 11.7 Å². The number of nitrogens with zero attached hydrogens (tertiary/aromatic N) is 6. The van der Waals surface area contributed by atoms with Crippen molar-refractivity contribution >= 4 is 5.91 Å². The van der Waals surface area contributed by atoms with Crippen molar-refractivity contribution in [2.24, 2.45) is 0 Å². The molecule has 0 N–H and O–H groups in total. The van der Waals surface area contributed by atoms with Gasteiger partial charge in [0.2, 0.25) is 0 Å². The summed E-state index contributed by atoms with van der Waals surface area (Å²) >= 11 is 0. The maximum atomic E-state index is 13.1. The Kier molecular flexibility index (Phi) is 5.99. The van der Waals surface area contributed by atoms with Gasteiger partial charge < -0.3 is 9.64 Å². The molecule has 0 bridgehead atoms. The lowest BCUT2D eigenvalue weighted by Gasteiger charge is -2.34. The Hall–Kier alpha value is -3.33. The third-order valence-electron chi connectivity index (χ3n) is 5.04. The second-order valence-corrected chi connectivity index (χ2v) is 7.01. The Morgan fingerprint density at radius 3 is 2.40 bits per heavy atom. The number of tetrazole rings is 1. The number of piperazine rings is 1. The van der Waals surface area contributed by atoms with Gasteiger partial charge in [0, 0.05) is 31.7 Å². The zero-order chi connectivity index (χ0) is 20.9. The first-order valence-electron chi connectivity index (χ1n) is 9.91. The molecule has 0 saturated carbocycles. The Morgan fingerprint density at radius 1 is 1.03 bits per heavy atom. The van der Waals surface area contributed by atoms with Crippen molar-refractivity contribution in [3.63, 3.8) is 0 Å². The predicted octanol–water partition coefficient (Wildman–Crippen LogP) is 2.16. The van der Waals surface area contributed by atoms with E-state index in [0.717, 1.165) is 17.3 Å². The van der Waals surface area contributed by atoms with Crippen LogP contribution in [0.2, 0.25) is 0 Å². The Labute approximate surface area is 173 Å². The van der Waals surface area contributed by atoms with E-state index < -0.39 is 0 Å². The first kappa shape index (κ1) is 20.0. The quantitative estimate of drug-likeness (QED) is 0.620. The molecule has 1 aliphatic rings. The Morgan fingerprint density at radius 2 is 1.73 bits per heavy atom. The first-order chi connectivity index (χ1) is 14.6. The number of halogens is 1. The lowest BCUT2D eigenvalue weighted by molar-refractivity contribution is 0.0624. The summed E-state index contributed by atoms with van der Waals surface area (Å²) in [6.07, 6.45) is 0. The summed E-state index contributed by atoms with van der Waals surface area (Å²) in [5.41, 5.74) is 1.37. The summed E-state index contributed by atoms with van der Waals surface area (Å²) in [6.45, 7) is 5.76. The average Bonchev–Trinajstić information content (AvgIpc) is 3.23. The summed E-state index contributed by atoms with van der Waals surface area (Å²) in [4.78, 5) is 16.6. The molecule has 0 unspecified atom stereocenters. The van der Waals surface area contributed by atoms with E-state index in [1.165, 1.54) is 24.3 Å². The van der Waals surface area contributed by atoms with Crippen LogP contribution in [-0.4, -0.2) is 68.7 Å². The van der Waals surface area contributed by atoms with Gasteiger partial charge in [0.05, 0.1) is 18.8 Å². The monoisotopic (exact) mass is 410 g/mol. The van der Waals surface area contributed by atoms with Crippen LogP contribution in [0.4, 0.5) is 4.39 Å². The summed E-state index contributed by atoms with van der Waals surface area (Å²) < 4.78 is 20.3. The fourth-order valence-electron chi connectivity index (χ4n) is 3.44. The average molecular weight is 410 g/mol. The molecule has 9 heteroatoms. The minimum atomic E-state index is -0.346. The highest BCUT2D eigenvalue weighted by molar-refractivity contribution is 5.94. The van der Waals surface area contributed by atoms with Gasteiger partial charge in [-0.2, -0.15) is 4.68 Å². The highest BCUT2D eigenvalue weighted by Gasteiger charge is 2.23. The Balaban J connectivity index is 1.36. The predicted molar refractivity (Wildman–Crippen MR) is 108 cm³/mol. The molecule has 8 nitrogen and oxygen atoms in total. The highest BCUT2D eigenvalue weighted by Crippen LogP contribution is 2.17. The van der Waals surface area contributed by atoms with E-state index in [0.29, 0.717) is 44.9 Å². The number of benzene rings is 2. The molecule has 1 fully saturated rings. The normalized spacial score (nSPS) is 14.7. The summed E-state index contributed by atoms with van der Waals surface area (Å²) in [5.74, 6) is 1.12. The number of hydrogen-bond acceptors (Lipinski definition) is 6. The fourth-order valence-corrected chi connectivity index (χ4v) is 3.44. The van der Waals surface area contributed by atoms with Crippen LogP contribution in [0.3, 0.4) is 0 Å². The molecule has 0 atom stereocenters. The number of rotatable bonds is 6. The molecule has 1 aromatic heterocycles. The number of ether oxygens (including phenoxy) is 1. The fraction of sp³-hybridized carbons (Fsp3) is 0.333. The van der Waals surface area contributed by atoms with Crippen LogP contribution in [0, 0.1) is 5.82 Å². The SMILES string of the molecule is CCOc1ccc(-n2nnnc2CN2CCN(C(=O)c3ccc(F)cc3)CC2)cc1. The van der Waals surface area contributed by atoms with Crippen LogP contribution in [0.25, 0.3) is 5.69 Å². The Bertz CT molecular complexity index is 981. The molecular formula is C21H23FN6O2. The van der Waals surface area contributed by atoms with Gasteiger partial charge in [-0.1, -0.05) is 0 Å². The smallest absolute Gasteiger partial charge is 0.253 e. The van der Waals surface area contributed by atoms with Crippen molar-refractivity contribution in [2.75, 3.05) is 32.8 Å². The zero-order valence-corrected chi connectivity index (χ0v) is 16.7. The van der Waals surface area contributed by atoms with E-state index in [4.69, 9.17) is 4.74 Å². The van der Waals surface area contributed by atoms with E-state index >= 15 is 0 Å². The molecule has 2 aromatic carbocycles. The van der Waals surface area contributed by atoms with Gasteiger partial charge in [0.1, 0.15) is 11.6 Å². The van der Waals surface area contributed by atoms with Gasteiger partial charge >= 0.3 is 0 Å². The zero-order valence-electron chi connectivity index (χ0n) is 16.7. The lowest BCUT2D eigenvalue weighted by atomic mass is 10.2. The van der Waals surface area contributed by atoms with Crippen molar-refractivity contribution < 1.29 is 13.9 Å². The molecule has 30 heavy (non-hydrogen) atoms. The summed E-state index contributed by atoms with van der Waals surface area (Å²) in [6, 6.07) is 13.3. The molecule has 2 heterocycles. The summed E-state index contributed by atoms with van der Waals surface area (Å²) in [7, 11) is 0. The number of carbonyl (C=O) groups excluding carboxylic acids is 1. The molecule has 0 spiro atoms. The topological polar surface area (TPSA) is 76.4 Å². The number of amides is 1. The van der Waals surface area contributed by atoms with Crippen molar-refractivity contribution in [2.45, 2.75) is 13.5 Å². The first-order valence-corrected chi connectivity index (χ1v) is 9.91. The molecular weight excluding hydrogens is 387 g/mol. The molecule has 1 saturated heterocycles. The van der Waals surface area contributed by atoms with E-state index in [9.17, 15) is 9.18 Å². The van der Waals surface area contributed by atoms with E-state index in [1.807, 2.05) is 31.2 Å². The van der Waals surface area contributed by atoms with Crippen LogP contribution in [-0.2, 0) is 6.54 Å². The minimum absolute atomic E-state index is 0.0751. The van der Waals surface area contributed by atoms with Gasteiger partial charge in [-0.05, 0) is 65.9 Å². The largest absolute Gasteiger partial charge is 0.494 e. The van der Waals surface area contributed by atoms with Crippen LogP contribution in [0.1, 0.15) is 23.1 Å². The van der Waals surface area contributed by atoms with Gasteiger partial charge in [-0.15, -0.1) is 5.10 Å². The van der Waals surface area contributed by atoms with Crippen LogP contribution >= 0.6 is 0 Å². The highest BCUT2D eigenvalue weighted by atomic mass is 19.1. The van der Waals surface area contributed by atoms with Gasteiger partial charge in [-0.25, -0.2) is 4.39 Å². The number of aromatic nitrogens is 4. The van der Waals surface area contributed by atoms with Gasteiger partial charge in [-0.3, -0.25) is 9.69 Å². The van der Waals surface area contributed by atoms with Crippen molar-refractivity contribution in [1.29, 1.82) is 0 Å². The second kappa shape index (κ2) is 9.00. The molecule has 0 radical (unpaired) electrons. The third kappa shape index (κ3) is 4.46. The van der Waals surface area contributed by atoms with Crippen LogP contribution < -0.4 is 4.74 Å². The van der Waals surface area contributed by atoms with Crippen LogP contribution in [0.5, 0.6) is 5.75 Å². The van der Waals surface area contributed by atoms with Gasteiger partial charge in [0.25, 0.3) is 5.91 Å². The van der Waals surface area contributed by atoms with Gasteiger partial charge in [0.15, 0.2) is 5.82 Å². The molecule has 3 aromatic rings.